The molecule has 8 aromatic rings. The number of pyridine rings is 4. The number of aromatic nitrogens is 12. The van der Waals surface area contributed by atoms with E-state index in [4.69, 9.17) is 60.9 Å². The van der Waals surface area contributed by atoms with Crippen LogP contribution in [0.2, 0.25) is 20.6 Å². The van der Waals surface area contributed by atoms with Gasteiger partial charge in [-0.25, -0.2) is 73.0 Å². The third-order valence-electron chi connectivity index (χ3n) is 27.9. The molecule has 2 N–H and O–H groups in total. The Kier molecular flexibility index (Phi) is 24.0. The van der Waals surface area contributed by atoms with Gasteiger partial charge in [0.05, 0.1) is 83.6 Å². The van der Waals surface area contributed by atoms with Crippen molar-refractivity contribution in [1.29, 1.82) is 0 Å². The summed E-state index contributed by atoms with van der Waals surface area (Å²) < 4.78 is 36.3. The molecule has 0 saturated carbocycles. The van der Waals surface area contributed by atoms with Gasteiger partial charge in [0.25, 0.3) is 5.91 Å². The van der Waals surface area contributed by atoms with E-state index < -0.39 is 21.6 Å². The molecule has 0 radical (unpaired) electrons. The Hall–Kier alpha value is -10.8. The fraction of sp³-hybridized carbons (Fsp3) is 0.462. The van der Waals surface area contributed by atoms with Gasteiger partial charge in [0.2, 0.25) is 10.0 Å². The molecule has 10 aliphatic heterocycles. The van der Waals surface area contributed by atoms with Gasteiger partial charge in [0.1, 0.15) is 68.9 Å². The van der Waals surface area contributed by atoms with E-state index >= 15 is 0 Å². The number of carbonyl (C=O) groups is 4. The number of hydrogen-bond donors (Lipinski definition) is 2. The Morgan fingerprint density at radius 2 is 0.828 bits per heavy atom. The number of urea groups is 1. The molecule has 8 aromatic heterocycles. The minimum absolute atomic E-state index is 0.0154. The summed E-state index contributed by atoms with van der Waals surface area (Å²) in [5, 5.41) is 7.27. The zero-order chi connectivity index (χ0) is 88.7. The molecule has 666 valence electrons. The molecule has 128 heavy (non-hydrogen) atoms. The molecule has 2 bridgehead atoms. The van der Waals surface area contributed by atoms with Crippen molar-refractivity contribution in [1.82, 2.24) is 74.7 Å². The van der Waals surface area contributed by atoms with Crippen LogP contribution in [-0.2, 0) is 111 Å². The average Bonchev–Trinajstić information content (AvgIpc) is 1.48. The predicted molar refractivity (Wildman–Crippen MR) is 494 cm³/mol. The summed E-state index contributed by atoms with van der Waals surface area (Å²) in [4.78, 5) is 120. The molecule has 3 amide bonds. The number of ether oxygens (including phenoxy) is 2. The number of piperidine rings is 3. The molecule has 30 nitrogen and oxygen atoms in total. The topological polar surface area (TPSA) is 326 Å². The van der Waals surface area contributed by atoms with Crippen molar-refractivity contribution in [3.8, 4) is 0 Å². The number of nitrogens with one attached hydrogen (secondary N) is 2. The Morgan fingerprint density at radius 3 is 1.19 bits per heavy atom. The Labute approximate surface area is 764 Å². The van der Waals surface area contributed by atoms with Crippen LogP contribution in [0.3, 0.4) is 0 Å². The van der Waals surface area contributed by atoms with Crippen LogP contribution in [0, 0.1) is 11.8 Å². The van der Waals surface area contributed by atoms with Crippen molar-refractivity contribution in [2.75, 3.05) is 94.0 Å². The van der Waals surface area contributed by atoms with Gasteiger partial charge in [0.15, 0.2) is 0 Å². The molecule has 18 heterocycles. The number of carbonyl (C=O) groups excluding carboxylic acids is 4. The first-order valence-electron chi connectivity index (χ1n) is 44.4. The van der Waals surface area contributed by atoms with Gasteiger partial charge < -0.3 is 49.1 Å². The number of hydrogen-bond acceptors (Lipinski definition) is 27. The van der Waals surface area contributed by atoms with Gasteiger partial charge in [-0.05, 0) is 115 Å². The van der Waals surface area contributed by atoms with E-state index in [-0.39, 0.29) is 65.9 Å². The number of methoxy groups -OCH3 is 2. The van der Waals surface area contributed by atoms with E-state index in [0.717, 1.165) is 245 Å². The highest BCUT2D eigenvalue weighted by atomic mass is 35.5. The number of sulfonamides is 1. The van der Waals surface area contributed by atoms with E-state index in [2.05, 4.69) is 182 Å². The number of anilines is 7. The number of rotatable bonds is 11. The Balaban J connectivity index is 0.000000111. The van der Waals surface area contributed by atoms with Crippen LogP contribution < -0.4 is 44.9 Å². The van der Waals surface area contributed by atoms with Crippen LogP contribution in [0.1, 0.15) is 181 Å². The minimum atomic E-state index is -3.22. The van der Waals surface area contributed by atoms with Crippen molar-refractivity contribution >= 4 is 150 Å². The highest BCUT2D eigenvalue weighted by molar-refractivity contribution is 7.88. The van der Waals surface area contributed by atoms with E-state index in [1.54, 1.807) is 29.6 Å². The second-order valence-electron chi connectivity index (χ2n) is 35.8. The number of fused-ring (bicyclic) bond motifs is 10. The van der Waals surface area contributed by atoms with Crippen LogP contribution in [-0.4, -0.2) is 198 Å². The third kappa shape index (κ3) is 16.8. The normalized spacial score (nSPS) is 23.5. The monoisotopic (exact) mass is 1830 g/mol. The van der Waals surface area contributed by atoms with Gasteiger partial charge >= 0.3 is 18.0 Å². The first kappa shape index (κ1) is 86.5. The molecule has 0 aromatic carbocycles. The van der Waals surface area contributed by atoms with Gasteiger partial charge in [-0.1, -0.05) is 101 Å². The lowest BCUT2D eigenvalue weighted by Gasteiger charge is -2.41. The molecular weight excluding hydrogens is 1730 g/mol. The van der Waals surface area contributed by atoms with Crippen molar-refractivity contribution in [2.24, 2.45) is 11.8 Å². The first-order valence-corrected chi connectivity index (χ1v) is 47.7. The summed E-state index contributed by atoms with van der Waals surface area (Å²) in [6, 6.07) is 8.43. The van der Waals surface area contributed by atoms with E-state index in [0.29, 0.717) is 92.2 Å². The maximum Gasteiger partial charge on any atom is 0.322 e. The number of imide groups is 1. The molecule has 5 fully saturated rings. The third-order valence-corrected chi connectivity index (χ3v) is 30.0. The summed E-state index contributed by atoms with van der Waals surface area (Å²) in [6.45, 7) is 15.9. The molecule has 35 heteroatoms. The molecule has 1 spiro atoms. The average molecular weight is 1830 g/mol. The lowest BCUT2D eigenvalue weighted by atomic mass is 9.87. The second-order valence-corrected chi connectivity index (χ2v) is 39.3. The van der Waals surface area contributed by atoms with E-state index in [1.807, 2.05) is 24.3 Å². The fourth-order valence-electron chi connectivity index (χ4n) is 21.6. The number of nitrogens with zero attached hydrogens (tertiary/aromatic N) is 20. The standard InChI is InChI=1S/C24H26ClN5O2S.C23H24ClN7O2.2C23H26ClN5O2/c1-14-8-21-19(12-29(14)22-11-23(25)28-20-5-3-4-18(20)22)24(27-13-26-21)15-9-16-6-7-17(10-15)30(16)33(2,31)32;1-13-9-17-15(11-31(13)18-10-19(24)27-16-4-2-3-14(16)18)20(26-12-25-17)30-7-5-23(6-8-30)21(32)28-22(33)29-23;2*1-14-9-19-17(12-29(14)20-10-21(24)27-18-7-3-6-16(18)20)22(26-13-25-19)28-8-4-5-15(11-28)23(30)31-2/h3-4,9,11,13-14,16-17H,5-8,10,12H2,1-2H3;2-3,10,12-13H,4-9,11H2,1H3,(H2,28,29,32,33);2*3,6,10,13-15H,4-5,7-9,11-12H2,1-2H3/t14-,16+,17-;13-;14-,15+;14-,15-/m1111/s1. The molecular formula is C93H102Cl4N22O8S. The van der Waals surface area contributed by atoms with Gasteiger partial charge in [-0.3, -0.25) is 19.7 Å². The maximum atomic E-state index is 12.3. The quantitative estimate of drug-likeness (QED) is 0.0690. The SMILES string of the molecule is COC(=O)[C@@H]1CCCN(c2ncnc3c2CN(c2cc(Cl)nc4c2C=CC4)[C@H](C)C3)C1.COC(=O)[C@H]1CCCN(c2ncnc3c2CN(c2cc(Cl)nc4c2C=CC4)[C@H](C)C3)C1.C[C@@H]1Cc2ncnc(C3=C[C@@H]4CC[C@H](C3)N4S(C)(=O)=O)c2CN1c1cc(Cl)nc2c1C=CC2.C[C@@H]1Cc2ncnc(N3CCC4(CC3)NC(=O)NC4=O)c2CN1c1cc(Cl)nc2c1C=CC2. The maximum absolute atomic E-state index is 12.3. The van der Waals surface area contributed by atoms with Gasteiger partial charge in [-0.15, -0.1) is 0 Å². The molecule has 0 unspecified atom stereocenters. The van der Waals surface area contributed by atoms with Crippen molar-refractivity contribution in [3.63, 3.8) is 0 Å². The van der Waals surface area contributed by atoms with Crippen LogP contribution in [0.25, 0.3) is 29.9 Å². The number of allylic oxidation sites excluding steroid dienone is 4. The van der Waals surface area contributed by atoms with Crippen molar-refractivity contribution < 1.29 is 37.1 Å². The lowest BCUT2D eigenvalue weighted by Crippen LogP contribution is -2.55. The number of esters is 2. The smallest absolute Gasteiger partial charge is 0.322 e. The number of halogens is 4. The van der Waals surface area contributed by atoms with E-state index in [9.17, 15) is 27.6 Å². The zero-order valence-corrected chi connectivity index (χ0v) is 76.5. The van der Waals surface area contributed by atoms with Crippen LogP contribution in [0.15, 0.2) is 80.0 Å². The van der Waals surface area contributed by atoms with Crippen LogP contribution in [0.5, 0.6) is 0 Å². The highest BCUT2D eigenvalue weighted by Crippen LogP contribution is 2.47. The Bertz CT molecular complexity index is 5920. The summed E-state index contributed by atoms with van der Waals surface area (Å²) in [5.74, 6) is 2.03. The molecule has 14 aliphatic rings. The van der Waals surface area contributed by atoms with Crippen molar-refractivity contribution in [2.45, 2.75) is 205 Å². The van der Waals surface area contributed by atoms with Crippen LogP contribution in [0.4, 0.5) is 45.0 Å². The summed E-state index contributed by atoms with van der Waals surface area (Å²) in [5.41, 5.74) is 23.2. The predicted octanol–water partition coefficient (Wildman–Crippen LogP) is 12.7. The molecule has 4 aliphatic carbocycles. The molecule has 5 saturated heterocycles. The second kappa shape index (κ2) is 35.6. The summed E-state index contributed by atoms with van der Waals surface area (Å²) in [6.07, 6.45) is 40.8. The zero-order valence-electron chi connectivity index (χ0n) is 72.7. The van der Waals surface area contributed by atoms with Gasteiger partial charge in [0, 0.05) is 220 Å². The lowest BCUT2D eigenvalue weighted by molar-refractivity contribution is -0.146. The van der Waals surface area contributed by atoms with E-state index in [1.165, 1.54) is 20.5 Å². The summed E-state index contributed by atoms with van der Waals surface area (Å²) in [7, 11) is -0.308. The number of amides is 3. The van der Waals surface area contributed by atoms with Crippen molar-refractivity contribution in [3.05, 3.63) is 196 Å². The highest BCUT2D eigenvalue weighted by Gasteiger charge is 2.50. The molecule has 8 atom stereocenters. The fourth-order valence-corrected chi connectivity index (χ4v) is 23.8. The Morgan fingerprint density at radius 1 is 0.461 bits per heavy atom. The first-order chi connectivity index (χ1) is 61.8. The minimum Gasteiger partial charge on any atom is -0.469 e. The van der Waals surface area contributed by atoms with Gasteiger partial charge in [-0.2, -0.15) is 4.31 Å². The summed E-state index contributed by atoms with van der Waals surface area (Å²) >= 11 is 25.5. The molecule has 22 rings (SSSR count). The van der Waals surface area contributed by atoms with Crippen LogP contribution >= 0.6 is 46.4 Å². The largest absolute Gasteiger partial charge is 0.469 e.